The van der Waals surface area contributed by atoms with Gasteiger partial charge in [0.15, 0.2) is 0 Å². The van der Waals surface area contributed by atoms with Crippen molar-refractivity contribution in [3.63, 3.8) is 0 Å². The Bertz CT molecular complexity index is 1860. The second-order valence-electron chi connectivity index (χ2n) is 9.09. The van der Waals surface area contributed by atoms with Crippen LogP contribution in [0.5, 0.6) is 0 Å². The topological polar surface area (TPSA) is 104 Å². The lowest BCUT2D eigenvalue weighted by atomic mass is 9.88. The number of benzene rings is 7. The molecule has 7 aromatic carbocycles. The summed E-state index contributed by atoms with van der Waals surface area (Å²) in [7, 11) is 0. The summed E-state index contributed by atoms with van der Waals surface area (Å²) >= 11 is 0. The molecule has 0 saturated carbocycles. The fraction of sp³-hybridized carbons (Fsp3) is 0. The lowest BCUT2D eigenvalue weighted by Gasteiger charge is -2.17. The normalized spacial score (nSPS) is 12.0. The summed E-state index contributed by atoms with van der Waals surface area (Å²) in [6.07, 6.45) is 0. The molecule has 0 atom stereocenters. The van der Waals surface area contributed by atoms with Crippen molar-refractivity contribution in [1.29, 1.82) is 0 Å². The molecule has 0 aliphatic heterocycles. The molecule has 7 aromatic rings. The van der Waals surface area contributed by atoms with Gasteiger partial charge in [0, 0.05) is 10.8 Å². The zero-order valence-corrected chi connectivity index (χ0v) is 18.4. The van der Waals surface area contributed by atoms with E-state index >= 15 is 0 Å². The summed E-state index contributed by atoms with van der Waals surface area (Å²) in [5.74, 6) is 0. The maximum absolute atomic E-state index is 6.44. The zero-order chi connectivity index (χ0) is 23.1. The summed E-state index contributed by atoms with van der Waals surface area (Å²) < 4.78 is 0. The Morgan fingerprint density at radius 1 is 0.294 bits per heavy atom. The van der Waals surface area contributed by atoms with Crippen LogP contribution in [0.4, 0.5) is 22.7 Å². The smallest absolute Gasteiger partial charge is 0.0809 e. The number of rotatable bonds is 0. The predicted octanol–water partition coefficient (Wildman–Crippen LogP) is 6.93. The second kappa shape index (κ2) is 6.42. The molecule has 0 aliphatic rings. The van der Waals surface area contributed by atoms with E-state index in [9.17, 15) is 0 Å². The molecule has 4 heteroatoms. The minimum absolute atomic E-state index is 0.339. The summed E-state index contributed by atoms with van der Waals surface area (Å²) in [5.41, 5.74) is 26.9. The minimum Gasteiger partial charge on any atom is -0.396 e. The quantitative estimate of drug-likeness (QED) is 0.117. The Morgan fingerprint density at radius 3 is 0.853 bits per heavy atom. The van der Waals surface area contributed by atoms with Crippen LogP contribution >= 0.6 is 0 Å². The average molecular weight is 439 g/mol. The van der Waals surface area contributed by atoms with Gasteiger partial charge in [0.25, 0.3) is 0 Å². The molecule has 0 amide bonds. The molecule has 0 heterocycles. The van der Waals surface area contributed by atoms with E-state index < -0.39 is 0 Å². The minimum atomic E-state index is 0.339. The Morgan fingerprint density at radius 2 is 0.559 bits per heavy atom. The number of hydrogen-bond acceptors (Lipinski definition) is 4. The lowest BCUT2D eigenvalue weighted by molar-refractivity contribution is 1.69. The van der Waals surface area contributed by atoms with Crippen molar-refractivity contribution in [2.45, 2.75) is 0 Å². The van der Waals surface area contributed by atoms with Crippen molar-refractivity contribution in [1.82, 2.24) is 0 Å². The molecule has 0 radical (unpaired) electrons. The van der Waals surface area contributed by atoms with Crippen LogP contribution in [-0.2, 0) is 0 Å². The molecule has 34 heavy (non-hydrogen) atoms. The van der Waals surface area contributed by atoms with E-state index in [4.69, 9.17) is 22.9 Å². The van der Waals surface area contributed by atoms with Crippen molar-refractivity contribution < 1.29 is 0 Å². The largest absolute Gasteiger partial charge is 0.396 e. The average Bonchev–Trinajstić information content (AvgIpc) is 2.88. The molecule has 0 spiro atoms. The van der Waals surface area contributed by atoms with Gasteiger partial charge >= 0.3 is 0 Å². The van der Waals surface area contributed by atoms with Crippen molar-refractivity contribution in [2.24, 2.45) is 0 Å². The number of fused-ring (bicyclic) bond motifs is 9. The molecule has 0 fully saturated rings. The van der Waals surface area contributed by atoms with Gasteiger partial charge in [0.1, 0.15) is 0 Å². The molecule has 0 aliphatic carbocycles. The molecular formula is C30H22N4. The maximum Gasteiger partial charge on any atom is 0.0809 e. The van der Waals surface area contributed by atoms with Crippen LogP contribution in [0.1, 0.15) is 0 Å². The van der Waals surface area contributed by atoms with E-state index in [-0.39, 0.29) is 0 Å². The third kappa shape index (κ3) is 2.37. The standard InChI is InChI=1S/C30H22N4/c31-27-25-13-23-21-11-17-7-3-1-5-15(17)9-19(21)20-10-16-6-2-4-8-18(16)12-22(20)24(23)14-26(25)28(32)30(34)29(27)33/h1-14H,31-34H2. The first-order chi connectivity index (χ1) is 16.5. The van der Waals surface area contributed by atoms with Gasteiger partial charge in [-0.1, -0.05) is 48.5 Å². The maximum atomic E-state index is 6.44. The molecule has 4 nitrogen and oxygen atoms in total. The van der Waals surface area contributed by atoms with Gasteiger partial charge in [-0.2, -0.15) is 0 Å². The Balaban J connectivity index is 1.82. The van der Waals surface area contributed by atoms with Crippen LogP contribution in [0.25, 0.3) is 64.6 Å². The highest BCUT2D eigenvalue weighted by molar-refractivity contribution is 6.31. The van der Waals surface area contributed by atoms with E-state index in [1.807, 2.05) is 0 Å². The molecule has 162 valence electrons. The van der Waals surface area contributed by atoms with E-state index in [0.29, 0.717) is 22.7 Å². The highest BCUT2D eigenvalue weighted by Gasteiger charge is 2.17. The van der Waals surface area contributed by atoms with Crippen molar-refractivity contribution in [2.75, 3.05) is 22.9 Å². The second-order valence-corrected chi connectivity index (χ2v) is 9.09. The first kappa shape index (κ1) is 18.8. The van der Waals surface area contributed by atoms with E-state index in [0.717, 1.165) is 21.5 Å². The monoisotopic (exact) mass is 438 g/mol. The van der Waals surface area contributed by atoms with Gasteiger partial charge in [0.05, 0.1) is 22.7 Å². The lowest BCUT2D eigenvalue weighted by Crippen LogP contribution is -2.05. The molecule has 0 aromatic heterocycles. The van der Waals surface area contributed by atoms with E-state index in [1.54, 1.807) is 0 Å². The molecule has 8 N–H and O–H groups in total. The third-order valence-corrected chi connectivity index (χ3v) is 7.25. The van der Waals surface area contributed by atoms with Crippen LogP contribution in [-0.4, -0.2) is 0 Å². The Hall–Kier alpha value is -4.70. The van der Waals surface area contributed by atoms with Gasteiger partial charge in [-0.05, 0) is 90.3 Å². The van der Waals surface area contributed by atoms with Crippen LogP contribution in [0, 0.1) is 0 Å². The van der Waals surface area contributed by atoms with Gasteiger partial charge < -0.3 is 22.9 Å². The highest BCUT2D eigenvalue weighted by Crippen LogP contribution is 2.45. The summed E-state index contributed by atoms with van der Waals surface area (Å²) in [6, 6.07) is 30.3. The number of anilines is 4. The summed E-state index contributed by atoms with van der Waals surface area (Å²) in [6.45, 7) is 0. The van der Waals surface area contributed by atoms with Gasteiger partial charge in [-0.25, -0.2) is 0 Å². The first-order valence-corrected chi connectivity index (χ1v) is 11.3. The van der Waals surface area contributed by atoms with Crippen LogP contribution < -0.4 is 22.9 Å². The fourth-order valence-corrected chi connectivity index (χ4v) is 5.44. The molecular weight excluding hydrogens is 416 g/mol. The molecule has 7 rings (SSSR count). The molecule has 0 unspecified atom stereocenters. The Kier molecular flexibility index (Phi) is 3.56. The molecule has 0 bridgehead atoms. The van der Waals surface area contributed by atoms with Gasteiger partial charge in [-0.15, -0.1) is 0 Å². The number of hydrogen-bond donors (Lipinski definition) is 4. The van der Waals surface area contributed by atoms with Crippen LogP contribution in [0.15, 0.2) is 84.9 Å². The summed E-state index contributed by atoms with van der Waals surface area (Å²) in [5, 5.41) is 13.5. The van der Waals surface area contributed by atoms with Gasteiger partial charge in [0.2, 0.25) is 0 Å². The predicted molar refractivity (Wildman–Crippen MR) is 149 cm³/mol. The van der Waals surface area contributed by atoms with Gasteiger partial charge in [-0.3, -0.25) is 0 Å². The van der Waals surface area contributed by atoms with Crippen LogP contribution in [0.2, 0.25) is 0 Å². The van der Waals surface area contributed by atoms with Crippen LogP contribution in [0.3, 0.4) is 0 Å². The first-order valence-electron chi connectivity index (χ1n) is 11.3. The van der Waals surface area contributed by atoms with Crippen molar-refractivity contribution in [3.8, 4) is 0 Å². The van der Waals surface area contributed by atoms with E-state index in [1.165, 1.54) is 43.1 Å². The number of nitrogen functional groups attached to an aromatic ring is 4. The zero-order valence-electron chi connectivity index (χ0n) is 18.4. The van der Waals surface area contributed by atoms with Crippen molar-refractivity contribution in [3.05, 3.63) is 84.9 Å². The Labute approximate surface area is 195 Å². The summed E-state index contributed by atoms with van der Waals surface area (Å²) in [4.78, 5) is 0. The van der Waals surface area contributed by atoms with Crippen molar-refractivity contribution >= 4 is 87.4 Å². The number of nitrogens with two attached hydrogens (primary N) is 4. The van der Waals surface area contributed by atoms with E-state index in [2.05, 4.69) is 84.9 Å². The highest BCUT2D eigenvalue weighted by atomic mass is 14.8. The SMILES string of the molecule is Nc1c(N)c(N)c2cc3c4cc5ccccc5cc4c4cc5ccccc5cc4c3cc2c1N. The fourth-order valence-electron chi connectivity index (χ4n) is 5.44. The third-order valence-electron chi connectivity index (χ3n) is 7.25. The molecule has 0 saturated heterocycles.